The Morgan fingerprint density at radius 2 is 1.91 bits per heavy atom. The monoisotopic (exact) mass is 175 g/mol. The zero-order valence-electron chi connectivity index (χ0n) is 7.46. The van der Waals surface area contributed by atoms with Gasteiger partial charge >= 0.3 is 0 Å². The summed E-state index contributed by atoms with van der Waals surface area (Å²) in [5, 5.41) is 0. The maximum absolute atomic E-state index is 5.40. The highest BCUT2D eigenvalue weighted by Gasteiger charge is 2.04. The Hall–Kier alpha value is -0.150. The molecule has 0 bridgehead atoms. The summed E-state index contributed by atoms with van der Waals surface area (Å²) >= 11 is 4.80. The summed E-state index contributed by atoms with van der Waals surface area (Å²) in [6, 6.07) is 0. The smallest absolute Gasteiger partial charge is 0.0779 e. The van der Waals surface area contributed by atoms with Crippen LogP contribution < -0.4 is 5.73 Å². The molecule has 0 saturated carbocycles. The second kappa shape index (κ2) is 5.49. The Morgan fingerprint density at radius 1 is 1.36 bits per heavy atom. The molecule has 0 aromatic rings. The normalized spacial score (nSPS) is 13.5. The molecule has 0 aliphatic rings. The van der Waals surface area contributed by atoms with Crippen molar-refractivity contribution in [3.05, 3.63) is 0 Å². The highest BCUT2D eigenvalue weighted by atomic mass is 32.1. The van der Waals surface area contributed by atoms with Gasteiger partial charge in [-0.25, -0.2) is 0 Å². The number of ether oxygens (including phenoxy) is 1. The molecule has 2 nitrogen and oxygen atoms in total. The molecule has 1 atom stereocenters. The van der Waals surface area contributed by atoms with Gasteiger partial charge in [-0.05, 0) is 5.92 Å². The van der Waals surface area contributed by atoms with E-state index in [2.05, 4.69) is 13.8 Å². The summed E-state index contributed by atoms with van der Waals surface area (Å²) in [5.74, 6) is 0.775. The average molecular weight is 175 g/mol. The molecule has 0 aliphatic heterocycles. The predicted molar refractivity (Wildman–Crippen MR) is 51.6 cm³/mol. The van der Waals surface area contributed by atoms with Crippen molar-refractivity contribution >= 4 is 17.2 Å². The third kappa shape index (κ3) is 6.26. The number of rotatable bonds is 5. The molecule has 1 unspecified atom stereocenters. The Balaban J connectivity index is 3.31. The second-order valence-corrected chi connectivity index (χ2v) is 3.71. The first-order chi connectivity index (χ1) is 5.04. The zero-order valence-corrected chi connectivity index (χ0v) is 8.28. The minimum absolute atomic E-state index is 0.198. The number of thiocarbonyl (C=S) groups is 1. The lowest BCUT2D eigenvalue weighted by molar-refractivity contribution is 0.0986. The molecule has 0 aromatic carbocycles. The van der Waals surface area contributed by atoms with Crippen molar-refractivity contribution in [3.63, 3.8) is 0 Å². The highest BCUT2D eigenvalue weighted by Crippen LogP contribution is 1.98. The van der Waals surface area contributed by atoms with Crippen LogP contribution in [0, 0.1) is 11.8 Å². The SMILES string of the molecule is CC(C)COCC(C)C(N)=S. The van der Waals surface area contributed by atoms with Crippen molar-refractivity contribution in [2.24, 2.45) is 17.6 Å². The third-order valence-corrected chi connectivity index (χ3v) is 1.71. The molecule has 2 N–H and O–H groups in total. The van der Waals surface area contributed by atoms with Crippen molar-refractivity contribution < 1.29 is 4.74 Å². The lowest BCUT2D eigenvalue weighted by Gasteiger charge is -2.11. The van der Waals surface area contributed by atoms with Gasteiger partial charge in [0.15, 0.2) is 0 Å². The van der Waals surface area contributed by atoms with Crippen molar-refractivity contribution in [1.29, 1.82) is 0 Å². The van der Waals surface area contributed by atoms with Gasteiger partial charge in [-0.3, -0.25) is 0 Å². The Bertz CT molecular complexity index is 125. The first kappa shape index (κ1) is 10.8. The van der Waals surface area contributed by atoms with Gasteiger partial charge in [0.25, 0.3) is 0 Å². The average Bonchev–Trinajstić information content (AvgIpc) is 1.86. The quantitative estimate of drug-likeness (QED) is 0.644. The van der Waals surface area contributed by atoms with Crippen LogP contribution in [0.2, 0.25) is 0 Å². The van der Waals surface area contributed by atoms with Crippen LogP contribution in [-0.4, -0.2) is 18.2 Å². The Morgan fingerprint density at radius 3 is 2.27 bits per heavy atom. The summed E-state index contributed by atoms with van der Waals surface area (Å²) < 4.78 is 5.35. The maximum atomic E-state index is 5.40. The number of hydrogen-bond donors (Lipinski definition) is 1. The Kier molecular flexibility index (Phi) is 5.42. The Labute approximate surface area is 74.1 Å². The van der Waals surface area contributed by atoms with Gasteiger partial charge in [0, 0.05) is 12.5 Å². The molecule has 0 saturated heterocycles. The van der Waals surface area contributed by atoms with Crippen LogP contribution in [-0.2, 0) is 4.74 Å². The molecule has 66 valence electrons. The molecule has 0 aliphatic carbocycles. The van der Waals surface area contributed by atoms with Crippen LogP contribution in [0.4, 0.5) is 0 Å². The molecule has 0 heterocycles. The third-order valence-electron chi connectivity index (χ3n) is 1.30. The molecule has 0 aromatic heterocycles. The van der Waals surface area contributed by atoms with E-state index in [1.54, 1.807) is 0 Å². The fraction of sp³-hybridized carbons (Fsp3) is 0.875. The van der Waals surface area contributed by atoms with Gasteiger partial charge in [0.05, 0.1) is 11.6 Å². The second-order valence-electron chi connectivity index (χ2n) is 3.23. The van der Waals surface area contributed by atoms with E-state index in [4.69, 9.17) is 22.7 Å². The maximum Gasteiger partial charge on any atom is 0.0779 e. The van der Waals surface area contributed by atoms with E-state index in [-0.39, 0.29) is 5.92 Å². The lowest BCUT2D eigenvalue weighted by atomic mass is 10.2. The summed E-state index contributed by atoms with van der Waals surface area (Å²) in [6.07, 6.45) is 0. The van der Waals surface area contributed by atoms with Crippen molar-refractivity contribution in [3.8, 4) is 0 Å². The molecule has 0 radical (unpaired) electrons. The number of nitrogens with two attached hydrogens (primary N) is 1. The molecule has 3 heteroatoms. The minimum atomic E-state index is 0.198. The standard InChI is InChI=1S/C8H17NOS/c1-6(2)4-10-5-7(3)8(9)11/h6-7H,4-5H2,1-3H3,(H2,9,11). The van der Waals surface area contributed by atoms with Gasteiger partial charge in [0.2, 0.25) is 0 Å². The fourth-order valence-corrected chi connectivity index (χ4v) is 0.631. The molecule has 0 fully saturated rings. The van der Waals surface area contributed by atoms with Crippen molar-refractivity contribution in [1.82, 2.24) is 0 Å². The molecule has 11 heavy (non-hydrogen) atoms. The van der Waals surface area contributed by atoms with Gasteiger partial charge in [-0.1, -0.05) is 33.0 Å². The lowest BCUT2D eigenvalue weighted by Crippen LogP contribution is -2.23. The van der Waals surface area contributed by atoms with E-state index in [1.807, 2.05) is 6.92 Å². The summed E-state index contributed by atoms with van der Waals surface area (Å²) in [5.41, 5.74) is 5.40. The van der Waals surface area contributed by atoms with Gasteiger partial charge in [0.1, 0.15) is 0 Å². The largest absolute Gasteiger partial charge is 0.393 e. The van der Waals surface area contributed by atoms with Crippen LogP contribution >= 0.6 is 12.2 Å². The van der Waals surface area contributed by atoms with Crippen molar-refractivity contribution in [2.75, 3.05) is 13.2 Å². The van der Waals surface area contributed by atoms with Crippen LogP contribution in [0.1, 0.15) is 20.8 Å². The topological polar surface area (TPSA) is 35.2 Å². The van der Waals surface area contributed by atoms with E-state index < -0.39 is 0 Å². The highest BCUT2D eigenvalue weighted by molar-refractivity contribution is 7.80. The predicted octanol–water partition coefficient (Wildman–Crippen LogP) is 1.58. The van der Waals surface area contributed by atoms with Gasteiger partial charge in [-0.15, -0.1) is 0 Å². The molecular weight excluding hydrogens is 158 g/mol. The number of hydrogen-bond acceptors (Lipinski definition) is 2. The molecule has 0 spiro atoms. The van der Waals surface area contributed by atoms with Crippen LogP contribution in [0.5, 0.6) is 0 Å². The van der Waals surface area contributed by atoms with Crippen LogP contribution in [0.25, 0.3) is 0 Å². The summed E-state index contributed by atoms with van der Waals surface area (Å²) in [6.45, 7) is 7.64. The summed E-state index contributed by atoms with van der Waals surface area (Å²) in [7, 11) is 0. The van der Waals surface area contributed by atoms with E-state index in [0.717, 1.165) is 6.61 Å². The fourth-order valence-electron chi connectivity index (χ4n) is 0.563. The van der Waals surface area contributed by atoms with E-state index in [9.17, 15) is 0 Å². The molecular formula is C8H17NOS. The van der Waals surface area contributed by atoms with E-state index >= 15 is 0 Å². The van der Waals surface area contributed by atoms with Gasteiger partial charge < -0.3 is 10.5 Å². The van der Waals surface area contributed by atoms with Crippen LogP contribution in [0.15, 0.2) is 0 Å². The van der Waals surface area contributed by atoms with E-state index in [0.29, 0.717) is 17.5 Å². The van der Waals surface area contributed by atoms with E-state index in [1.165, 1.54) is 0 Å². The van der Waals surface area contributed by atoms with Crippen LogP contribution in [0.3, 0.4) is 0 Å². The minimum Gasteiger partial charge on any atom is -0.393 e. The zero-order chi connectivity index (χ0) is 8.85. The first-order valence-electron chi connectivity index (χ1n) is 3.91. The summed E-state index contributed by atoms with van der Waals surface area (Å²) in [4.78, 5) is 0.536. The van der Waals surface area contributed by atoms with Crippen molar-refractivity contribution in [2.45, 2.75) is 20.8 Å². The molecule has 0 rings (SSSR count). The van der Waals surface area contributed by atoms with Gasteiger partial charge in [-0.2, -0.15) is 0 Å². The first-order valence-corrected chi connectivity index (χ1v) is 4.32. The molecule has 0 amide bonds.